The van der Waals surface area contributed by atoms with Crippen LogP contribution in [0.2, 0.25) is 0 Å². The van der Waals surface area contributed by atoms with Crippen LogP contribution >= 0.6 is 7.82 Å². The van der Waals surface area contributed by atoms with Gasteiger partial charge in [0, 0.05) is 13.0 Å². The van der Waals surface area contributed by atoms with Crippen molar-refractivity contribution in [3.8, 4) is 0 Å². The van der Waals surface area contributed by atoms with Gasteiger partial charge in [0.05, 0.1) is 34.4 Å². The molecule has 0 aliphatic heterocycles. The first-order valence-electron chi connectivity index (χ1n) is 23.6. The van der Waals surface area contributed by atoms with Crippen LogP contribution in [0.25, 0.3) is 0 Å². The number of carbonyl (C=O) groups excluding carboxylic acids is 1. The van der Waals surface area contributed by atoms with E-state index in [0.29, 0.717) is 24.1 Å². The highest BCUT2D eigenvalue weighted by Crippen LogP contribution is 2.43. The highest BCUT2D eigenvalue weighted by molar-refractivity contribution is 7.47. The van der Waals surface area contributed by atoms with Crippen molar-refractivity contribution in [2.45, 2.75) is 161 Å². The van der Waals surface area contributed by atoms with Gasteiger partial charge in [0.15, 0.2) is 0 Å². The monoisotopic (exact) mass is 871 g/mol. The third-order valence-electron chi connectivity index (χ3n) is 9.33. The van der Waals surface area contributed by atoms with Crippen molar-refractivity contribution < 1.29 is 37.3 Å². The fourth-order valence-electron chi connectivity index (χ4n) is 5.75. The lowest BCUT2D eigenvalue weighted by Crippen LogP contribution is -2.37. The lowest BCUT2D eigenvalue weighted by Gasteiger charge is -2.24. The number of likely N-dealkylation sites (N-methyl/N-ethyl adjacent to an activating group) is 1. The lowest BCUT2D eigenvalue weighted by atomic mass is 10.1. The Morgan fingerprint density at radius 3 is 1.34 bits per heavy atom. The molecule has 1 N–H and O–H groups in total. The van der Waals surface area contributed by atoms with Gasteiger partial charge in [-0.1, -0.05) is 162 Å². The number of hydrogen-bond donors (Lipinski definition) is 1. The fraction of sp³-hybridized carbons (Fsp3) is 0.635. The normalized spacial score (nSPS) is 14.7. The van der Waals surface area contributed by atoms with Crippen LogP contribution < -0.4 is 0 Å². The van der Waals surface area contributed by atoms with Crippen LogP contribution in [0.4, 0.5) is 0 Å². The molecule has 0 saturated heterocycles. The first kappa shape index (κ1) is 58.2. The van der Waals surface area contributed by atoms with Gasteiger partial charge in [-0.15, -0.1) is 0 Å². The van der Waals surface area contributed by atoms with Crippen molar-refractivity contribution in [3.63, 3.8) is 0 Å². The van der Waals surface area contributed by atoms with Crippen molar-refractivity contribution in [1.29, 1.82) is 0 Å². The van der Waals surface area contributed by atoms with Crippen LogP contribution in [0.15, 0.2) is 109 Å². The molecule has 0 aromatic heterocycles. The molecule has 0 heterocycles. The summed E-state index contributed by atoms with van der Waals surface area (Å²) < 4.78 is 35.0. The van der Waals surface area contributed by atoms with Gasteiger partial charge in [-0.3, -0.25) is 13.8 Å². The van der Waals surface area contributed by atoms with E-state index in [-0.39, 0.29) is 25.8 Å². The summed E-state index contributed by atoms with van der Waals surface area (Å²) in [6, 6.07) is 0. The summed E-state index contributed by atoms with van der Waals surface area (Å²) in [5.41, 5.74) is 0. The molecule has 0 saturated carbocycles. The van der Waals surface area contributed by atoms with Crippen LogP contribution in [-0.2, 0) is 27.9 Å². The number of phosphoric ester groups is 1. The molecule has 0 aromatic rings. The molecular formula is C52H89NO7P+. The fourth-order valence-corrected chi connectivity index (χ4v) is 6.49. The molecule has 0 bridgehead atoms. The van der Waals surface area contributed by atoms with Crippen LogP contribution in [-0.4, -0.2) is 75.6 Å². The Balaban J connectivity index is 4.31. The van der Waals surface area contributed by atoms with Crippen LogP contribution in [0.1, 0.15) is 155 Å². The second-order valence-corrected chi connectivity index (χ2v) is 17.8. The van der Waals surface area contributed by atoms with E-state index in [1.807, 2.05) is 21.1 Å². The Morgan fingerprint density at radius 1 is 0.508 bits per heavy atom. The molecule has 0 rings (SSSR count). The smallest absolute Gasteiger partial charge is 0.457 e. The quantitative estimate of drug-likeness (QED) is 0.0215. The molecular weight excluding hydrogens is 782 g/mol. The molecule has 8 nitrogen and oxygen atoms in total. The first-order valence-corrected chi connectivity index (χ1v) is 25.1. The third-order valence-corrected chi connectivity index (χ3v) is 10.3. The number of unbranched alkanes of at least 4 members (excludes halogenated alkanes) is 10. The summed E-state index contributed by atoms with van der Waals surface area (Å²) >= 11 is 0. The molecule has 9 heteroatoms. The van der Waals surface area contributed by atoms with Crippen molar-refractivity contribution in [2.75, 3.05) is 54.1 Å². The highest BCUT2D eigenvalue weighted by Gasteiger charge is 2.26. The maximum Gasteiger partial charge on any atom is 0.472 e. The van der Waals surface area contributed by atoms with Crippen molar-refractivity contribution in [2.24, 2.45) is 0 Å². The summed E-state index contributed by atoms with van der Waals surface area (Å²) in [6.45, 7) is 5.28. The predicted molar refractivity (Wildman–Crippen MR) is 261 cm³/mol. The van der Waals surface area contributed by atoms with Gasteiger partial charge in [-0.2, -0.15) is 0 Å². The van der Waals surface area contributed by atoms with Crippen LogP contribution in [0.5, 0.6) is 0 Å². The maximum atomic E-state index is 12.7. The minimum atomic E-state index is -4.30. The van der Waals surface area contributed by atoms with E-state index in [2.05, 4.69) is 123 Å². The first-order chi connectivity index (χ1) is 29.6. The molecule has 61 heavy (non-hydrogen) atoms. The molecule has 0 spiro atoms. The van der Waals surface area contributed by atoms with E-state index in [4.69, 9.17) is 18.5 Å². The molecule has 0 radical (unpaired) electrons. The Morgan fingerprint density at radius 2 is 0.902 bits per heavy atom. The highest BCUT2D eigenvalue weighted by atomic mass is 31.2. The Labute approximate surface area is 374 Å². The number of rotatable bonds is 42. The van der Waals surface area contributed by atoms with Gasteiger partial charge in [0.25, 0.3) is 0 Å². The zero-order valence-corrected chi connectivity index (χ0v) is 40.2. The van der Waals surface area contributed by atoms with Crippen molar-refractivity contribution >= 4 is 13.8 Å². The van der Waals surface area contributed by atoms with E-state index in [0.717, 1.165) is 122 Å². The third kappa shape index (κ3) is 48.1. The molecule has 2 unspecified atom stereocenters. The predicted octanol–water partition coefficient (Wildman–Crippen LogP) is 14.4. The number of ether oxygens (including phenoxy) is 2. The van der Waals surface area contributed by atoms with Crippen molar-refractivity contribution in [1.82, 2.24) is 0 Å². The maximum absolute atomic E-state index is 12.7. The van der Waals surface area contributed by atoms with Gasteiger partial charge in [-0.25, -0.2) is 4.57 Å². The Kier molecular flexibility index (Phi) is 41.8. The summed E-state index contributed by atoms with van der Waals surface area (Å²) in [6.07, 6.45) is 61.3. The molecule has 0 aliphatic carbocycles. The largest absolute Gasteiger partial charge is 0.472 e. The minimum Gasteiger partial charge on any atom is -0.457 e. The standard InChI is InChI=1S/C52H88NO7P/c1-6-8-10-12-14-16-18-20-22-24-26-28-30-32-34-36-38-40-42-44-47-57-49-51(50-59-61(55,56)58-48-46-53(3,4)5)60-52(54)45-43-41-39-37-35-33-31-29-27-25-23-21-19-17-15-13-11-9-7-2/h8-11,14-17,20-23,26-29,32,34,51H,6-7,12-13,18-19,24-25,30-31,33,35-50H2,1-5H3/p+1/b10-8-,11-9-,16-14-,17-15-,22-20-,23-21-,28-26-,29-27-,34-32-. The van der Waals surface area contributed by atoms with E-state index in [9.17, 15) is 14.3 Å². The number of allylic oxidation sites excluding steroid dienone is 18. The van der Waals surface area contributed by atoms with E-state index in [1.165, 1.54) is 12.8 Å². The Bertz CT molecular complexity index is 1340. The molecule has 348 valence electrons. The summed E-state index contributed by atoms with van der Waals surface area (Å²) in [5, 5.41) is 0. The number of hydrogen-bond acceptors (Lipinski definition) is 6. The van der Waals surface area contributed by atoms with E-state index >= 15 is 0 Å². The van der Waals surface area contributed by atoms with Gasteiger partial charge in [0.2, 0.25) is 0 Å². The lowest BCUT2D eigenvalue weighted by molar-refractivity contribution is -0.870. The summed E-state index contributed by atoms with van der Waals surface area (Å²) in [4.78, 5) is 23.0. The SMILES string of the molecule is CC/C=C\C/C=C\C/C=C\C/C=C\C/C=C\CCCCCCOCC(COP(=O)(O)OCC[N+](C)(C)C)OC(=O)CCCCCCCC/C=C\C/C=C\C/C=C\C/C=C\CC. The van der Waals surface area contributed by atoms with Crippen LogP contribution in [0, 0.1) is 0 Å². The zero-order valence-electron chi connectivity index (χ0n) is 39.4. The molecule has 0 aliphatic rings. The van der Waals surface area contributed by atoms with Gasteiger partial charge >= 0.3 is 13.8 Å². The summed E-state index contributed by atoms with van der Waals surface area (Å²) in [5.74, 6) is -0.342. The number of carbonyl (C=O) groups is 1. The van der Waals surface area contributed by atoms with Gasteiger partial charge < -0.3 is 18.9 Å². The van der Waals surface area contributed by atoms with Gasteiger partial charge in [0.1, 0.15) is 19.3 Å². The number of quaternary nitrogens is 1. The number of esters is 1. The van der Waals surface area contributed by atoms with Gasteiger partial charge in [-0.05, 0) is 96.3 Å². The van der Waals surface area contributed by atoms with E-state index in [1.54, 1.807) is 0 Å². The number of nitrogens with zero attached hydrogens (tertiary/aromatic N) is 1. The average molecular weight is 871 g/mol. The van der Waals surface area contributed by atoms with Crippen molar-refractivity contribution in [3.05, 3.63) is 109 Å². The zero-order chi connectivity index (χ0) is 44.8. The van der Waals surface area contributed by atoms with E-state index < -0.39 is 13.9 Å². The molecule has 0 amide bonds. The minimum absolute atomic E-state index is 0.0732. The second kappa shape index (κ2) is 43.8. The molecule has 0 aromatic carbocycles. The molecule has 2 atom stereocenters. The number of phosphoric acid groups is 1. The Hall–Kier alpha value is -2.84. The summed E-state index contributed by atoms with van der Waals surface area (Å²) in [7, 11) is 1.62. The average Bonchev–Trinajstić information content (AvgIpc) is 3.22. The molecule has 0 fully saturated rings. The van der Waals surface area contributed by atoms with Crippen LogP contribution in [0.3, 0.4) is 0 Å². The second-order valence-electron chi connectivity index (χ2n) is 16.4. The topological polar surface area (TPSA) is 91.3 Å².